The van der Waals surface area contributed by atoms with Gasteiger partial charge in [-0.3, -0.25) is 9.78 Å². The molecular formula is C15H18N2O2. The number of carbonyl (C=O) groups is 1. The molecule has 2 aromatic rings. The number of aliphatic hydroxyl groups excluding tert-OH is 1. The molecule has 1 aromatic heterocycles. The van der Waals surface area contributed by atoms with Crippen molar-refractivity contribution in [2.45, 2.75) is 32.4 Å². The normalized spacial score (nSPS) is 13.3. The predicted molar refractivity (Wildman–Crippen MR) is 75.0 cm³/mol. The smallest absolute Gasteiger partial charge is 0.253 e. The van der Waals surface area contributed by atoms with Gasteiger partial charge in [0.1, 0.15) is 0 Å². The van der Waals surface area contributed by atoms with Gasteiger partial charge in [0.2, 0.25) is 0 Å². The first-order chi connectivity index (χ1) is 8.92. The third-order valence-corrected chi connectivity index (χ3v) is 3.36. The van der Waals surface area contributed by atoms with Crippen molar-refractivity contribution in [1.29, 1.82) is 0 Å². The van der Waals surface area contributed by atoms with Crippen molar-refractivity contribution in [2.24, 2.45) is 0 Å². The number of aliphatic hydroxyl groups is 1. The summed E-state index contributed by atoms with van der Waals surface area (Å²) in [5.41, 5.74) is 0.504. The zero-order valence-electron chi connectivity index (χ0n) is 11.3. The van der Waals surface area contributed by atoms with Crippen molar-refractivity contribution >= 4 is 16.8 Å². The van der Waals surface area contributed by atoms with Gasteiger partial charge in [-0.2, -0.15) is 0 Å². The Morgan fingerprint density at radius 2 is 2.00 bits per heavy atom. The maximum atomic E-state index is 12.3. The van der Waals surface area contributed by atoms with Crippen LogP contribution >= 0.6 is 0 Å². The average Bonchev–Trinajstić information content (AvgIpc) is 2.37. The van der Waals surface area contributed by atoms with E-state index in [0.29, 0.717) is 11.1 Å². The van der Waals surface area contributed by atoms with Gasteiger partial charge in [0, 0.05) is 11.6 Å². The first-order valence-electron chi connectivity index (χ1n) is 6.26. The van der Waals surface area contributed by atoms with E-state index >= 15 is 0 Å². The summed E-state index contributed by atoms with van der Waals surface area (Å²) in [5, 5.41) is 13.4. The minimum atomic E-state index is -0.686. The van der Waals surface area contributed by atoms with E-state index in [1.54, 1.807) is 33.0 Å². The second-order valence-electron chi connectivity index (χ2n) is 5.23. The number of hydrogen-bond acceptors (Lipinski definition) is 3. The Morgan fingerprint density at radius 1 is 1.32 bits per heavy atom. The molecule has 1 atom stereocenters. The highest BCUT2D eigenvalue weighted by molar-refractivity contribution is 6.05. The average molecular weight is 258 g/mol. The summed E-state index contributed by atoms with van der Waals surface area (Å²) in [5.74, 6) is -0.227. The highest BCUT2D eigenvalue weighted by Crippen LogP contribution is 2.17. The number of carbonyl (C=O) groups excluding carboxylic acids is 1. The van der Waals surface area contributed by atoms with Crippen LogP contribution in [0.25, 0.3) is 10.9 Å². The number of nitrogens with one attached hydrogen (secondary N) is 1. The molecule has 0 bridgehead atoms. The number of rotatable bonds is 3. The van der Waals surface area contributed by atoms with E-state index in [-0.39, 0.29) is 5.91 Å². The molecule has 2 N–H and O–H groups in total. The molecular weight excluding hydrogens is 240 g/mol. The molecule has 2 rings (SSSR count). The van der Waals surface area contributed by atoms with Crippen LogP contribution < -0.4 is 5.32 Å². The number of benzene rings is 1. The standard InChI is InChI=1S/C15H18N2O2/c1-10(18)15(2,3)17-14(19)12-8-4-6-11-7-5-9-16-13(11)12/h4-10,18H,1-3H3,(H,17,19). The molecule has 0 aliphatic heterocycles. The van der Waals surface area contributed by atoms with Gasteiger partial charge in [-0.25, -0.2) is 0 Å². The maximum Gasteiger partial charge on any atom is 0.253 e. The number of amides is 1. The monoisotopic (exact) mass is 258 g/mol. The van der Waals surface area contributed by atoms with Crippen LogP contribution in [0.5, 0.6) is 0 Å². The molecule has 1 unspecified atom stereocenters. The van der Waals surface area contributed by atoms with Crippen molar-refractivity contribution in [1.82, 2.24) is 10.3 Å². The lowest BCUT2D eigenvalue weighted by atomic mass is 9.98. The molecule has 0 saturated heterocycles. The summed E-state index contributed by atoms with van der Waals surface area (Å²) in [7, 11) is 0. The molecule has 1 amide bonds. The van der Waals surface area contributed by atoms with Crippen molar-refractivity contribution in [3.63, 3.8) is 0 Å². The van der Waals surface area contributed by atoms with E-state index < -0.39 is 11.6 Å². The lowest BCUT2D eigenvalue weighted by Gasteiger charge is -2.29. The molecule has 1 aromatic carbocycles. The second kappa shape index (κ2) is 4.97. The van der Waals surface area contributed by atoms with Crippen molar-refractivity contribution < 1.29 is 9.90 Å². The number of para-hydroxylation sites is 1. The Bertz CT molecular complexity index is 601. The molecule has 0 fully saturated rings. The van der Waals surface area contributed by atoms with Crippen LogP contribution in [-0.4, -0.2) is 27.6 Å². The molecule has 1 heterocycles. The van der Waals surface area contributed by atoms with Crippen LogP contribution in [0.2, 0.25) is 0 Å². The van der Waals surface area contributed by atoms with Gasteiger partial charge in [0.25, 0.3) is 5.91 Å². The fraction of sp³-hybridized carbons (Fsp3) is 0.333. The highest BCUT2D eigenvalue weighted by Gasteiger charge is 2.27. The maximum absolute atomic E-state index is 12.3. The van der Waals surface area contributed by atoms with E-state index in [4.69, 9.17) is 0 Å². The Labute approximate surface area is 112 Å². The summed E-state index contributed by atoms with van der Waals surface area (Å²) in [6.45, 7) is 5.23. The van der Waals surface area contributed by atoms with Gasteiger partial charge in [-0.05, 0) is 32.9 Å². The van der Waals surface area contributed by atoms with Crippen LogP contribution in [0.1, 0.15) is 31.1 Å². The first kappa shape index (κ1) is 13.5. The van der Waals surface area contributed by atoms with Gasteiger partial charge in [0.05, 0.1) is 22.7 Å². The molecule has 0 saturated carbocycles. The van der Waals surface area contributed by atoms with Crippen LogP contribution in [0.15, 0.2) is 36.5 Å². The summed E-state index contributed by atoms with van der Waals surface area (Å²) < 4.78 is 0. The van der Waals surface area contributed by atoms with Gasteiger partial charge in [-0.15, -0.1) is 0 Å². The van der Waals surface area contributed by atoms with E-state index in [1.807, 2.05) is 24.3 Å². The molecule has 4 nitrogen and oxygen atoms in total. The zero-order valence-corrected chi connectivity index (χ0v) is 11.3. The summed E-state index contributed by atoms with van der Waals surface area (Å²) in [6, 6.07) is 9.23. The van der Waals surface area contributed by atoms with Crippen LogP contribution in [-0.2, 0) is 0 Å². The first-order valence-corrected chi connectivity index (χ1v) is 6.26. The minimum Gasteiger partial charge on any atom is -0.391 e. The lowest BCUT2D eigenvalue weighted by Crippen LogP contribution is -2.51. The van der Waals surface area contributed by atoms with E-state index in [2.05, 4.69) is 10.3 Å². The number of nitrogens with zero attached hydrogens (tertiary/aromatic N) is 1. The van der Waals surface area contributed by atoms with E-state index in [9.17, 15) is 9.90 Å². The van der Waals surface area contributed by atoms with E-state index in [1.165, 1.54) is 0 Å². The number of pyridine rings is 1. The number of fused-ring (bicyclic) bond motifs is 1. The van der Waals surface area contributed by atoms with Crippen molar-refractivity contribution in [3.8, 4) is 0 Å². The molecule has 4 heteroatoms. The van der Waals surface area contributed by atoms with Gasteiger partial charge >= 0.3 is 0 Å². The molecule has 0 spiro atoms. The number of aromatic nitrogens is 1. The molecule has 100 valence electrons. The zero-order chi connectivity index (χ0) is 14.0. The van der Waals surface area contributed by atoms with Crippen LogP contribution in [0, 0.1) is 0 Å². The fourth-order valence-electron chi connectivity index (χ4n) is 1.75. The third-order valence-electron chi connectivity index (χ3n) is 3.36. The minimum absolute atomic E-state index is 0.227. The Kier molecular flexibility index (Phi) is 3.53. The highest BCUT2D eigenvalue weighted by atomic mass is 16.3. The van der Waals surface area contributed by atoms with E-state index in [0.717, 1.165) is 5.39 Å². The van der Waals surface area contributed by atoms with Crippen molar-refractivity contribution in [2.75, 3.05) is 0 Å². The van der Waals surface area contributed by atoms with Crippen LogP contribution in [0.4, 0.5) is 0 Å². The Balaban J connectivity index is 2.37. The third kappa shape index (κ3) is 2.74. The molecule has 0 aliphatic rings. The summed E-state index contributed by atoms with van der Waals surface area (Å²) in [4.78, 5) is 16.6. The predicted octanol–water partition coefficient (Wildman–Crippen LogP) is 2.12. The molecule has 19 heavy (non-hydrogen) atoms. The summed E-state index contributed by atoms with van der Waals surface area (Å²) in [6.07, 6.45) is 1.03. The van der Waals surface area contributed by atoms with Gasteiger partial charge in [-0.1, -0.05) is 18.2 Å². The number of hydrogen-bond donors (Lipinski definition) is 2. The van der Waals surface area contributed by atoms with Crippen molar-refractivity contribution in [3.05, 3.63) is 42.1 Å². The Morgan fingerprint density at radius 3 is 2.68 bits per heavy atom. The lowest BCUT2D eigenvalue weighted by molar-refractivity contribution is 0.0710. The van der Waals surface area contributed by atoms with Crippen LogP contribution in [0.3, 0.4) is 0 Å². The SMILES string of the molecule is CC(O)C(C)(C)NC(=O)c1cccc2cccnc12. The molecule has 0 aliphatic carbocycles. The summed E-state index contributed by atoms with van der Waals surface area (Å²) >= 11 is 0. The second-order valence-corrected chi connectivity index (χ2v) is 5.23. The van der Waals surface area contributed by atoms with Gasteiger partial charge in [0.15, 0.2) is 0 Å². The van der Waals surface area contributed by atoms with Gasteiger partial charge < -0.3 is 10.4 Å². The molecule has 0 radical (unpaired) electrons. The topological polar surface area (TPSA) is 62.2 Å². The quantitative estimate of drug-likeness (QED) is 0.886. The largest absolute Gasteiger partial charge is 0.391 e. The Hall–Kier alpha value is -1.94. The fourth-order valence-corrected chi connectivity index (χ4v) is 1.75.